The van der Waals surface area contributed by atoms with Crippen molar-refractivity contribution in [3.05, 3.63) is 89.5 Å². The molecule has 1 unspecified atom stereocenters. The van der Waals surface area contributed by atoms with Crippen molar-refractivity contribution in [2.45, 2.75) is 30.7 Å². The number of ether oxygens (including phenoxy) is 1. The van der Waals surface area contributed by atoms with Crippen LogP contribution in [-0.2, 0) is 10.0 Å². The van der Waals surface area contributed by atoms with E-state index in [1.54, 1.807) is 37.4 Å². The van der Waals surface area contributed by atoms with Gasteiger partial charge in [-0.1, -0.05) is 30.3 Å². The van der Waals surface area contributed by atoms with E-state index in [1.807, 2.05) is 42.2 Å². The SMILES string of the molecule is COc1cccc(C2CCCN2C(=O)c2cccc(S(=O)(=O)Nc3cccc(C)c3)c2)c1. The molecule has 32 heavy (non-hydrogen) atoms. The molecule has 1 aliphatic rings. The van der Waals surface area contributed by atoms with Crippen LogP contribution in [0.1, 0.15) is 40.4 Å². The maximum atomic E-state index is 13.3. The summed E-state index contributed by atoms with van der Waals surface area (Å²) in [6.07, 6.45) is 1.74. The topological polar surface area (TPSA) is 75.7 Å². The number of hydrogen-bond donors (Lipinski definition) is 1. The first-order valence-corrected chi connectivity index (χ1v) is 12.0. The summed E-state index contributed by atoms with van der Waals surface area (Å²) in [5.41, 5.74) is 2.80. The average molecular weight is 451 g/mol. The van der Waals surface area contributed by atoms with Crippen molar-refractivity contribution in [1.82, 2.24) is 4.90 Å². The number of aryl methyl sites for hydroxylation is 1. The number of benzene rings is 3. The summed E-state index contributed by atoms with van der Waals surface area (Å²) in [4.78, 5) is 15.2. The monoisotopic (exact) mass is 450 g/mol. The van der Waals surface area contributed by atoms with Gasteiger partial charge in [-0.2, -0.15) is 0 Å². The van der Waals surface area contributed by atoms with Crippen LogP contribution in [0.3, 0.4) is 0 Å². The smallest absolute Gasteiger partial charge is 0.261 e. The third kappa shape index (κ3) is 4.62. The predicted octanol–water partition coefficient (Wildman–Crippen LogP) is 4.78. The Bertz CT molecular complexity index is 1240. The fourth-order valence-corrected chi connectivity index (χ4v) is 5.18. The molecule has 1 amide bonds. The van der Waals surface area contributed by atoms with E-state index < -0.39 is 10.0 Å². The van der Waals surface area contributed by atoms with Gasteiger partial charge in [0.25, 0.3) is 15.9 Å². The number of nitrogens with zero attached hydrogens (tertiary/aromatic N) is 1. The van der Waals surface area contributed by atoms with E-state index in [4.69, 9.17) is 4.74 Å². The van der Waals surface area contributed by atoms with E-state index in [1.165, 1.54) is 12.1 Å². The molecule has 1 aliphatic heterocycles. The van der Waals surface area contributed by atoms with Crippen LogP contribution in [0.2, 0.25) is 0 Å². The zero-order valence-electron chi connectivity index (χ0n) is 18.1. The third-order valence-electron chi connectivity index (χ3n) is 5.65. The second-order valence-electron chi connectivity index (χ2n) is 7.94. The maximum Gasteiger partial charge on any atom is 0.261 e. The summed E-state index contributed by atoms with van der Waals surface area (Å²) < 4.78 is 33.7. The van der Waals surface area contributed by atoms with Gasteiger partial charge in [0, 0.05) is 17.8 Å². The molecule has 0 radical (unpaired) electrons. The molecule has 1 heterocycles. The van der Waals surface area contributed by atoms with E-state index in [9.17, 15) is 13.2 Å². The Hall–Kier alpha value is -3.32. The lowest BCUT2D eigenvalue weighted by atomic mass is 10.0. The molecule has 1 atom stereocenters. The standard InChI is InChI=1S/C25H26N2O4S/c1-18-7-3-10-21(15-18)26-32(29,30)23-12-5-9-20(17-23)25(28)27-14-6-13-24(27)19-8-4-11-22(16-19)31-2/h3-5,7-12,15-17,24,26H,6,13-14H2,1-2H3. The van der Waals surface area contributed by atoms with Gasteiger partial charge < -0.3 is 9.64 Å². The Balaban J connectivity index is 1.59. The zero-order valence-corrected chi connectivity index (χ0v) is 18.9. The molecule has 166 valence electrons. The molecule has 0 aliphatic carbocycles. The fourth-order valence-electron chi connectivity index (χ4n) is 4.09. The second-order valence-corrected chi connectivity index (χ2v) is 9.62. The van der Waals surface area contributed by atoms with Gasteiger partial charge in [0.05, 0.1) is 18.0 Å². The lowest BCUT2D eigenvalue weighted by Crippen LogP contribution is -2.30. The number of carbonyl (C=O) groups excluding carboxylic acids is 1. The highest BCUT2D eigenvalue weighted by Gasteiger charge is 2.31. The molecular formula is C25H26N2O4S. The van der Waals surface area contributed by atoms with Crippen molar-refractivity contribution in [3.63, 3.8) is 0 Å². The van der Waals surface area contributed by atoms with Crippen molar-refractivity contribution in [2.24, 2.45) is 0 Å². The second kappa shape index (κ2) is 9.04. The Morgan fingerprint density at radius 1 is 1.03 bits per heavy atom. The number of likely N-dealkylation sites (tertiary alicyclic amines) is 1. The van der Waals surface area contributed by atoms with Gasteiger partial charge in [0.15, 0.2) is 0 Å². The maximum absolute atomic E-state index is 13.3. The van der Waals surface area contributed by atoms with Gasteiger partial charge in [0.2, 0.25) is 0 Å². The van der Waals surface area contributed by atoms with Crippen LogP contribution < -0.4 is 9.46 Å². The quantitative estimate of drug-likeness (QED) is 0.586. The van der Waals surface area contributed by atoms with Crippen LogP contribution in [-0.4, -0.2) is 32.9 Å². The molecule has 4 rings (SSSR count). The zero-order chi connectivity index (χ0) is 22.7. The summed E-state index contributed by atoms with van der Waals surface area (Å²) in [6, 6.07) is 21.0. The molecule has 1 N–H and O–H groups in total. The first-order valence-electron chi connectivity index (χ1n) is 10.5. The van der Waals surface area contributed by atoms with E-state index >= 15 is 0 Å². The molecule has 0 spiro atoms. The molecular weight excluding hydrogens is 424 g/mol. The first kappa shape index (κ1) is 21.9. The van der Waals surface area contributed by atoms with Crippen LogP contribution in [0, 0.1) is 6.92 Å². The molecule has 0 bridgehead atoms. The Morgan fingerprint density at radius 3 is 2.59 bits per heavy atom. The van der Waals surface area contributed by atoms with Crippen molar-refractivity contribution in [3.8, 4) is 5.75 Å². The summed E-state index contributed by atoms with van der Waals surface area (Å²) in [6.45, 7) is 2.52. The van der Waals surface area contributed by atoms with Gasteiger partial charge in [-0.25, -0.2) is 8.42 Å². The third-order valence-corrected chi connectivity index (χ3v) is 7.03. The fraction of sp³-hybridized carbons (Fsp3) is 0.240. The van der Waals surface area contributed by atoms with Gasteiger partial charge in [-0.15, -0.1) is 0 Å². The van der Waals surface area contributed by atoms with Gasteiger partial charge >= 0.3 is 0 Å². The molecule has 0 aromatic heterocycles. The van der Waals surface area contributed by atoms with Crippen LogP contribution >= 0.6 is 0 Å². The minimum Gasteiger partial charge on any atom is -0.497 e. The average Bonchev–Trinajstić information content (AvgIpc) is 3.28. The number of nitrogens with one attached hydrogen (secondary N) is 1. The van der Waals surface area contributed by atoms with Crippen LogP contribution in [0.25, 0.3) is 0 Å². The van der Waals surface area contributed by atoms with Crippen molar-refractivity contribution >= 4 is 21.6 Å². The van der Waals surface area contributed by atoms with E-state index in [2.05, 4.69) is 4.72 Å². The molecule has 1 fully saturated rings. The molecule has 0 saturated carbocycles. The van der Waals surface area contributed by atoms with Gasteiger partial charge in [-0.3, -0.25) is 9.52 Å². The van der Waals surface area contributed by atoms with Gasteiger partial charge in [-0.05, 0) is 73.4 Å². The number of hydrogen-bond acceptors (Lipinski definition) is 4. The molecule has 7 heteroatoms. The predicted molar refractivity (Wildman–Crippen MR) is 124 cm³/mol. The lowest BCUT2D eigenvalue weighted by Gasteiger charge is -2.25. The van der Waals surface area contributed by atoms with Crippen molar-refractivity contribution < 1.29 is 17.9 Å². The number of carbonyl (C=O) groups is 1. The summed E-state index contributed by atoms with van der Waals surface area (Å²) in [7, 11) is -2.20. The Labute approximate surface area is 188 Å². The minimum atomic E-state index is -3.82. The van der Waals surface area contributed by atoms with E-state index in [-0.39, 0.29) is 16.8 Å². The first-order chi connectivity index (χ1) is 15.4. The normalized spacial score (nSPS) is 16.1. The summed E-state index contributed by atoms with van der Waals surface area (Å²) >= 11 is 0. The molecule has 1 saturated heterocycles. The number of sulfonamides is 1. The minimum absolute atomic E-state index is 0.0574. The highest BCUT2D eigenvalue weighted by Crippen LogP contribution is 2.34. The molecule has 6 nitrogen and oxygen atoms in total. The summed E-state index contributed by atoms with van der Waals surface area (Å²) in [5.74, 6) is 0.569. The Kier molecular flexibility index (Phi) is 6.19. The summed E-state index contributed by atoms with van der Waals surface area (Å²) in [5, 5.41) is 0. The highest BCUT2D eigenvalue weighted by molar-refractivity contribution is 7.92. The highest BCUT2D eigenvalue weighted by atomic mass is 32.2. The van der Waals surface area contributed by atoms with Gasteiger partial charge in [0.1, 0.15) is 5.75 Å². The van der Waals surface area contributed by atoms with Crippen molar-refractivity contribution in [2.75, 3.05) is 18.4 Å². The van der Waals surface area contributed by atoms with E-state index in [0.29, 0.717) is 17.8 Å². The number of rotatable bonds is 6. The van der Waals surface area contributed by atoms with Crippen LogP contribution in [0.15, 0.2) is 77.7 Å². The van der Waals surface area contributed by atoms with E-state index in [0.717, 1.165) is 29.7 Å². The lowest BCUT2D eigenvalue weighted by molar-refractivity contribution is 0.0735. The van der Waals surface area contributed by atoms with Crippen LogP contribution in [0.5, 0.6) is 5.75 Å². The largest absolute Gasteiger partial charge is 0.497 e. The number of methoxy groups -OCH3 is 1. The Morgan fingerprint density at radius 2 is 1.81 bits per heavy atom. The molecule has 3 aromatic rings. The molecule has 3 aromatic carbocycles. The van der Waals surface area contributed by atoms with Crippen molar-refractivity contribution in [1.29, 1.82) is 0 Å². The van der Waals surface area contributed by atoms with Crippen LogP contribution in [0.4, 0.5) is 5.69 Å². The number of anilines is 1. The number of amides is 1.